The summed E-state index contributed by atoms with van der Waals surface area (Å²) in [4.78, 5) is 11.1. The summed E-state index contributed by atoms with van der Waals surface area (Å²) in [6.07, 6.45) is 1.02. The zero-order valence-electron chi connectivity index (χ0n) is 13.5. The van der Waals surface area contributed by atoms with Crippen LogP contribution in [0, 0.1) is 0 Å². The summed E-state index contributed by atoms with van der Waals surface area (Å²) < 4.78 is 15.9. The van der Waals surface area contributed by atoms with Crippen LogP contribution in [0.4, 0.5) is 11.6 Å². The topological polar surface area (TPSA) is 80.8 Å². The number of nitrogens with zero attached hydrogens (tertiary/aromatic N) is 3. The van der Waals surface area contributed by atoms with Crippen LogP contribution in [-0.4, -0.2) is 75.5 Å². The molecule has 22 heavy (non-hydrogen) atoms. The van der Waals surface area contributed by atoms with Crippen molar-refractivity contribution < 1.29 is 14.2 Å². The Bertz CT molecular complexity index is 441. The highest BCUT2D eigenvalue weighted by molar-refractivity contribution is 5.62. The molecule has 1 saturated heterocycles. The Hall–Kier alpha value is -1.80. The molecule has 2 N–H and O–H groups in total. The second-order valence-electron chi connectivity index (χ2n) is 4.93. The fourth-order valence-electron chi connectivity index (χ4n) is 2.34. The van der Waals surface area contributed by atoms with Gasteiger partial charge in [0.1, 0.15) is 0 Å². The first-order chi connectivity index (χ1) is 10.8. The lowest BCUT2D eigenvalue weighted by Crippen LogP contribution is -2.37. The van der Waals surface area contributed by atoms with Gasteiger partial charge in [0.2, 0.25) is 17.7 Å². The molecule has 0 aliphatic carbocycles. The van der Waals surface area contributed by atoms with E-state index in [0.717, 1.165) is 45.8 Å². The van der Waals surface area contributed by atoms with Gasteiger partial charge in [0.05, 0.1) is 27.4 Å². The second-order valence-corrected chi connectivity index (χ2v) is 4.93. The van der Waals surface area contributed by atoms with Crippen molar-refractivity contribution in [1.82, 2.24) is 14.9 Å². The van der Waals surface area contributed by atoms with Gasteiger partial charge in [0.15, 0.2) is 5.69 Å². The Balaban J connectivity index is 1.86. The number of ether oxygens (including phenoxy) is 3. The summed E-state index contributed by atoms with van der Waals surface area (Å²) in [5.74, 6) is 1.43. The van der Waals surface area contributed by atoms with E-state index in [0.29, 0.717) is 23.4 Å². The van der Waals surface area contributed by atoms with Crippen molar-refractivity contribution in [3.05, 3.63) is 0 Å². The van der Waals surface area contributed by atoms with Gasteiger partial charge in [-0.05, 0) is 13.0 Å². The zero-order chi connectivity index (χ0) is 15.8. The van der Waals surface area contributed by atoms with Gasteiger partial charge in [-0.25, -0.2) is 0 Å². The number of anilines is 2. The Morgan fingerprint density at radius 1 is 1.14 bits per heavy atom. The van der Waals surface area contributed by atoms with E-state index in [1.54, 1.807) is 21.3 Å². The van der Waals surface area contributed by atoms with Crippen molar-refractivity contribution in [3.8, 4) is 11.8 Å². The molecule has 1 aliphatic heterocycles. The summed E-state index contributed by atoms with van der Waals surface area (Å²) >= 11 is 0. The molecule has 0 unspecified atom stereocenters. The summed E-state index contributed by atoms with van der Waals surface area (Å²) in [5.41, 5.74) is 0.642. The molecule has 0 radical (unpaired) electrons. The van der Waals surface area contributed by atoms with E-state index in [2.05, 4.69) is 25.5 Å². The van der Waals surface area contributed by atoms with Crippen LogP contribution in [0.3, 0.4) is 0 Å². The fourth-order valence-corrected chi connectivity index (χ4v) is 2.34. The van der Waals surface area contributed by atoms with E-state index in [9.17, 15) is 0 Å². The molecule has 1 aromatic heterocycles. The molecule has 0 spiro atoms. The molecule has 0 saturated carbocycles. The predicted molar refractivity (Wildman–Crippen MR) is 85.0 cm³/mol. The molecular weight excluding hydrogens is 286 g/mol. The molecule has 0 amide bonds. The maximum Gasteiger partial charge on any atom is 0.246 e. The van der Waals surface area contributed by atoms with Gasteiger partial charge in [0, 0.05) is 26.7 Å². The molecular formula is C14H25N5O3. The lowest BCUT2D eigenvalue weighted by molar-refractivity contribution is 0.0378. The minimum absolute atomic E-state index is 0.463. The van der Waals surface area contributed by atoms with Crippen molar-refractivity contribution in [2.75, 3.05) is 71.3 Å². The van der Waals surface area contributed by atoms with Gasteiger partial charge in [-0.1, -0.05) is 0 Å². The number of aromatic nitrogens is 2. The minimum atomic E-state index is 0.463. The fraction of sp³-hybridized carbons (Fsp3) is 0.714. The third kappa shape index (κ3) is 4.35. The van der Waals surface area contributed by atoms with Crippen molar-refractivity contribution in [2.45, 2.75) is 6.42 Å². The monoisotopic (exact) mass is 311 g/mol. The van der Waals surface area contributed by atoms with Gasteiger partial charge in [-0.15, -0.1) is 0 Å². The van der Waals surface area contributed by atoms with E-state index >= 15 is 0 Å². The molecule has 1 aliphatic rings. The Labute approximate surface area is 131 Å². The van der Waals surface area contributed by atoms with E-state index in [4.69, 9.17) is 14.2 Å². The number of methoxy groups -OCH3 is 2. The highest BCUT2D eigenvalue weighted by Crippen LogP contribution is 2.31. The zero-order valence-corrected chi connectivity index (χ0v) is 13.5. The van der Waals surface area contributed by atoms with E-state index in [1.807, 2.05) is 0 Å². The van der Waals surface area contributed by atoms with Crippen LogP contribution in [0.15, 0.2) is 0 Å². The Morgan fingerprint density at radius 2 is 1.77 bits per heavy atom. The van der Waals surface area contributed by atoms with Gasteiger partial charge in [-0.2, -0.15) is 9.97 Å². The second kappa shape index (κ2) is 8.60. The molecule has 124 valence electrons. The van der Waals surface area contributed by atoms with Crippen LogP contribution >= 0.6 is 0 Å². The van der Waals surface area contributed by atoms with Crippen LogP contribution in [-0.2, 0) is 4.74 Å². The summed E-state index contributed by atoms with van der Waals surface area (Å²) in [6.45, 7) is 5.51. The highest BCUT2D eigenvalue weighted by Gasteiger charge is 2.15. The molecule has 1 aromatic rings. The van der Waals surface area contributed by atoms with E-state index in [1.165, 1.54) is 0 Å². The van der Waals surface area contributed by atoms with Crippen LogP contribution in [0.1, 0.15) is 6.42 Å². The lowest BCUT2D eigenvalue weighted by atomic mass is 10.3. The first-order valence-corrected chi connectivity index (χ1v) is 7.50. The number of morpholine rings is 1. The molecule has 8 nitrogen and oxygen atoms in total. The van der Waals surface area contributed by atoms with Crippen LogP contribution in [0.5, 0.6) is 11.8 Å². The smallest absolute Gasteiger partial charge is 0.246 e. The number of nitrogens with one attached hydrogen (secondary N) is 2. The molecule has 0 aromatic carbocycles. The third-order valence-corrected chi connectivity index (χ3v) is 3.52. The van der Waals surface area contributed by atoms with Crippen molar-refractivity contribution >= 4 is 11.6 Å². The molecule has 2 rings (SSSR count). The van der Waals surface area contributed by atoms with Gasteiger partial charge < -0.3 is 24.8 Å². The third-order valence-electron chi connectivity index (χ3n) is 3.52. The SMILES string of the molecule is CNc1c(OC)nc(NCCCN2CCOCC2)nc1OC. The normalized spacial score (nSPS) is 15.4. The van der Waals surface area contributed by atoms with Crippen LogP contribution in [0.2, 0.25) is 0 Å². The van der Waals surface area contributed by atoms with Crippen LogP contribution in [0.25, 0.3) is 0 Å². The number of hydrogen-bond donors (Lipinski definition) is 2. The number of hydrogen-bond acceptors (Lipinski definition) is 8. The minimum Gasteiger partial charge on any atom is -0.479 e. The Kier molecular flexibility index (Phi) is 6.47. The van der Waals surface area contributed by atoms with E-state index in [-0.39, 0.29) is 0 Å². The summed E-state index contributed by atoms with van der Waals surface area (Å²) in [5, 5.41) is 6.20. The van der Waals surface area contributed by atoms with Gasteiger partial charge >= 0.3 is 0 Å². The summed E-state index contributed by atoms with van der Waals surface area (Å²) in [6, 6.07) is 0. The van der Waals surface area contributed by atoms with Gasteiger partial charge in [0.25, 0.3) is 0 Å². The van der Waals surface area contributed by atoms with E-state index < -0.39 is 0 Å². The first-order valence-electron chi connectivity index (χ1n) is 7.50. The lowest BCUT2D eigenvalue weighted by Gasteiger charge is -2.26. The number of rotatable bonds is 8. The molecule has 1 fully saturated rings. The maximum absolute atomic E-state index is 5.34. The van der Waals surface area contributed by atoms with Crippen molar-refractivity contribution in [3.63, 3.8) is 0 Å². The van der Waals surface area contributed by atoms with Crippen molar-refractivity contribution in [1.29, 1.82) is 0 Å². The average Bonchev–Trinajstić information content (AvgIpc) is 2.58. The molecule has 0 bridgehead atoms. The molecule has 0 atom stereocenters. The van der Waals surface area contributed by atoms with Crippen LogP contribution < -0.4 is 20.1 Å². The standard InChI is InChI=1S/C14H25N5O3/c1-15-11-12(20-2)17-14(18-13(11)21-3)16-5-4-6-19-7-9-22-10-8-19/h15H,4-10H2,1-3H3,(H,16,17,18). The highest BCUT2D eigenvalue weighted by atomic mass is 16.5. The average molecular weight is 311 g/mol. The largest absolute Gasteiger partial charge is 0.479 e. The molecule has 2 heterocycles. The maximum atomic E-state index is 5.34. The summed E-state index contributed by atoms with van der Waals surface area (Å²) in [7, 11) is 4.93. The Morgan fingerprint density at radius 3 is 2.32 bits per heavy atom. The quantitative estimate of drug-likeness (QED) is 0.678. The first kappa shape index (κ1) is 16.6. The van der Waals surface area contributed by atoms with Gasteiger partial charge in [-0.3, -0.25) is 4.90 Å². The molecule has 8 heteroatoms. The van der Waals surface area contributed by atoms with Crippen molar-refractivity contribution in [2.24, 2.45) is 0 Å². The predicted octanol–water partition coefficient (Wildman–Crippen LogP) is 0.670.